The van der Waals surface area contributed by atoms with Gasteiger partial charge in [-0.05, 0) is 31.9 Å². The Kier molecular flexibility index (Phi) is 11.1. The molecule has 0 aliphatic heterocycles. The maximum atomic E-state index is 11.8. The number of nitro groups is 1. The van der Waals surface area contributed by atoms with E-state index in [1.165, 1.54) is 18.2 Å². The minimum Gasteiger partial charge on any atom is -0.466 e. The van der Waals surface area contributed by atoms with Gasteiger partial charge in [-0.2, -0.15) is 0 Å². The van der Waals surface area contributed by atoms with Crippen LogP contribution in [-0.4, -0.2) is 23.5 Å². The third-order valence-electron chi connectivity index (χ3n) is 3.95. The number of hydrogen-bond donors (Lipinski definition) is 0. The SMILES string of the molecule is CCOC(=O)CCCCCCCCC(=O)OCc1ccc(Cl)cc1[N+](=O)[O-]. The van der Waals surface area contributed by atoms with Crippen molar-refractivity contribution < 1.29 is 24.0 Å². The molecule has 0 unspecified atom stereocenters. The first-order valence-electron chi connectivity index (χ1n) is 9.18. The topological polar surface area (TPSA) is 95.7 Å². The van der Waals surface area contributed by atoms with Crippen molar-refractivity contribution in [3.63, 3.8) is 0 Å². The van der Waals surface area contributed by atoms with Crippen molar-refractivity contribution in [2.45, 2.75) is 64.9 Å². The largest absolute Gasteiger partial charge is 0.466 e. The van der Waals surface area contributed by atoms with Crippen molar-refractivity contribution in [1.29, 1.82) is 0 Å². The quantitative estimate of drug-likeness (QED) is 0.201. The fourth-order valence-corrected chi connectivity index (χ4v) is 2.70. The van der Waals surface area contributed by atoms with Gasteiger partial charge in [-0.25, -0.2) is 0 Å². The lowest BCUT2D eigenvalue weighted by Gasteiger charge is -2.06. The Hall–Kier alpha value is -2.15. The molecule has 150 valence electrons. The molecule has 0 aliphatic carbocycles. The Labute approximate surface area is 164 Å². The predicted molar refractivity (Wildman–Crippen MR) is 101 cm³/mol. The van der Waals surface area contributed by atoms with Crippen LogP contribution in [0.2, 0.25) is 5.02 Å². The number of esters is 2. The van der Waals surface area contributed by atoms with Crippen LogP contribution in [0.25, 0.3) is 0 Å². The summed E-state index contributed by atoms with van der Waals surface area (Å²) in [5.74, 6) is -0.525. The van der Waals surface area contributed by atoms with Crippen molar-refractivity contribution in [1.82, 2.24) is 0 Å². The first-order chi connectivity index (χ1) is 12.9. The van der Waals surface area contributed by atoms with Crippen molar-refractivity contribution in [2.24, 2.45) is 0 Å². The molecule has 0 spiro atoms. The molecule has 0 fully saturated rings. The number of hydrogen-bond acceptors (Lipinski definition) is 6. The zero-order valence-electron chi connectivity index (χ0n) is 15.6. The summed E-state index contributed by atoms with van der Waals surface area (Å²) in [4.78, 5) is 33.4. The molecule has 0 saturated heterocycles. The fourth-order valence-electron chi connectivity index (χ4n) is 2.54. The molecule has 0 aliphatic rings. The third-order valence-corrected chi connectivity index (χ3v) is 4.18. The molecule has 1 rings (SSSR count). The van der Waals surface area contributed by atoms with E-state index in [2.05, 4.69) is 0 Å². The summed E-state index contributed by atoms with van der Waals surface area (Å²) < 4.78 is 9.98. The summed E-state index contributed by atoms with van der Waals surface area (Å²) in [5.41, 5.74) is 0.164. The Morgan fingerprint density at radius 3 is 2.11 bits per heavy atom. The zero-order chi connectivity index (χ0) is 20.1. The van der Waals surface area contributed by atoms with Crippen molar-refractivity contribution >= 4 is 29.2 Å². The fraction of sp³-hybridized carbons (Fsp3) is 0.579. The van der Waals surface area contributed by atoms with Gasteiger partial charge in [0.1, 0.15) is 6.61 Å². The van der Waals surface area contributed by atoms with Crippen LogP contribution in [0.3, 0.4) is 0 Å². The lowest BCUT2D eigenvalue weighted by atomic mass is 10.1. The maximum absolute atomic E-state index is 11.8. The number of nitrogens with zero attached hydrogens (tertiary/aromatic N) is 1. The Balaban J connectivity index is 2.13. The van der Waals surface area contributed by atoms with E-state index >= 15 is 0 Å². The molecule has 1 aromatic carbocycles. The van der Waals surface area contributed by atoms with Gasteiger partial charge < -0.3 is 9.47 Å². The highest BCUT2D eigenvalue weighted by molar-refractivity contribution is 6.30. The third kappa shape index (κ3) is 9.94. The average Bonchev–Trinajstić information content (AvgIpc) is 2.62. The monoisotopic (exact) mass is 399 g/mol. The average molecular weight is 400 g/mol. The molecule has 0 atom stereocenters. The summed E-state index contributed by atoms with van der Waals surface area (Å²) in [6.45, 7) is 2.07. The summed E-state index contributed by atoms with van der Waals surface area (Å²) in [6.07, 6.45) is 6.12. The second kappa shape index (κ2) is 13.1. The van der Waals surface area contributed by atoms with Gasteiger partial charge in [-0.1, -0.05) is 37.3 Å². The second-order valence-corrected chi connectivity index (χ2v) is 6.55. The van der Waals surface area contributed by atoms with Gasteiger partial charge in [0.2, 0.25) is 0 Å². The van der Waals surface area contributed by atoms with E-state index in [1.807, 2.05) is 0 Å². The van der Waals surface area contributed by atoms with E-state index in [1.54, 1.807) is 6.92 Å². The maximum Gasteiger partial charge on any atom is 0.306 e. The van der Waals surface area contributed by atoms with Gasteiger partial charge in [-0.15, -0.1) is 0 Å². The van der Waals surface area contributed by atoms with Gasteiger partial charge in [-0.3, -0.25) is 19.7 Å². The Bertz CT molecular complexity index is 635. The standard InChI is InChI=1S/C19H26ClNO6/c1-2-26-18(22)9-7-5-3-4-6-8-10-19(23)27-14-15-11-12-16(20)13-17(15)21(24)25/h11-13H,2-10,14H2,1H3. The molecular formula is C19H26ClNO6. The smallest absolute Gasteiger partial charge is 0.306 e. The van der Waals surface area contributed by atoms with Crippen molar-refractivity contribution in [3.05, 3.63) is 38.9 Å². The van der Waals surface area contributed by atoms with Gasteiger partial charge in [0.25, 0.3) is 5.69 Å². The highest BCUT2D eigenvalue weighted by Crippen LogP contribution is 2.24. The summed E-state index contributed by atoms with van der Waals surface area (Å²) in [7, 11) is 0. The number of halogens is 1. The zero-order valence-corrected chi connectivity index (χ0v) is 16.3. The minimum atomic E-state index is -0.545. The number of carbonyl (C=O) groups is 2. The predicted octanol–water partition coefficient (Wildman–Crippen LogP) is 4.98. The van der Waals surface area contributed by atoms with Crippen LogP contribution in [0.15, 0.2) is 18.2 Å². The molecule has 0 heterocycles. The molecular weight excluding hydrogens is 374 g/mol. The van der Waals surface area contributed by atoms with Crippen LogP contribution >= 0.6 is 11.6 Å². The normalized spacial score (nSPS) is 10.4. The molecule has 0 radical (unpaired) electrons. The number of carbonyl (C=O) groups excluding carboxylic acids is 2. The van der Waals surface area contributed by atoms with E-state index in [9.17, 15) is 19.7 Å². The molecule has 0 amide bonds. The molecule has 0 saturated carbocycles. The highest BCUT2D eigenvalue weighted by Gasteiger charge is 2.15. The van der Waals surface area contributed by atoms with Crippen LogP contribution in [0.1, 0.15) is 63.9 Å². The molecule has 0 aromatic heterocycles. The van der Waals surface area contributed by atoms with Gasteiger partial charge in [0, 0.05) is 23.9 Å². The molecule has 8 heteroatoms. The van der Waals surface area contributed by atoms with E-state index in [0.29, 0.717) is 25.0 Å². The van der Waals surface area contributed by atoms with Crippen molar-refractivity contribution in [2.75, 3.05) is 6.61 Å². The van der Waals surface area contributed by atoms with E-state index in [0.717, 1.165) is 32.1 Å². The number of benzene rings is 1. The van der Waals surface area contributed by atoms with E-state index in [-0.39, 0.29) is 35.7 Å². The molecule has 0 bridgehead atoms. The van der Waals surface area contributed by atoms with E-state index in [4.69, 9.17) is 21.1 Å². The van der Waals surface area contributed by atoms with Gasteiger partial charge in [0.05, 0.1) is 17.1 Å². The lowest BCUT2D eigenvalue weighted by Crippen LogP contribution is -2.06. The Morgan fingerprint density at radius 2 is 1.56 bits per heavy atom. The molecule has 0 N–H and O–H groups in total. The first-order valence-corrected chi connectivity index (χ1v) is 9.56. The summed E-state index contributed by atoms with van der Waals surface area (Å²) in [6, 6.07) is 4.26. The van der Waals surface area contributed by atoms with Crippen LogP contribution < -0.4 is 0 Å². The summed E-state index contributed by atoms with van der Waals surface area (Å²) >= 11 is 5.75. The van der Waals surface area contributed by atoms with Crippen LogP contribution in [-0.2, 0) is 25.7 Å². The van der Waals surface area contributed by atoms with Crippen molar-refractivity contribution in [3.8, 4) is 0 Å². The first kappa shape index (κ1) is 22.9. The number of ether oxygens (including phenoxy) is 2. The van der Waals surface area contributed by atoms with Crippen LogP contribution in [0.5, 0.6) is 0 Å². The number of unbranched alkanes of at least 4 members (excludes halogenated alkanes) is 5. The minimum absolute atomic E-state index is 0.139. The summed E-state index contributed by atoms with van der Waals surface area (Å²) in [5, 5.41) is 11.3. The van der Waals surface area contributed by atoms with Gasteiger partial charge in [0.15, 0.2) is 0 Å². The molecule has 27 heavy (non-hydrogen) atoms. The molecule has 7 nitrogen and oxygen atoms in total. The highest BCUT2D eigenvalue weighted by atomic mass is 35.5. The van der Waals surface area contributed by atoms with Gasteiger partial charge >= 0.3 is 11.9 Å². The number of nitro benzene ring substituents is 1. The molecule has 1 aromatic rings. The number of rotatable bonds is 13. The Morgan fingerprint density at radius 1 is 1.00 bits per heavy atom. The second-order valence-electron chi connectivity index (χ2n) is 6.12. The van der Waals surface area contributed by atoms with Crippen LogP contribution in [0, 0.1) is 10.1 Å². The van der Waals surface area contributed by atoms with Crippen LogP contribution in [0.4, 0.5) is 5.69 Å². The lowest BCUT2D eigenvalue weighted by molar-refractivity contribution is -0.385. The van der Waals surface area contributed by atoms with E-state index < -0.39 is 4.92 Å².